The second kappa shape index (κ2) is 9.46. The van der Waals surface area contributed by atoms with Crippen molar-refractivity contribution in [3.05, 3.63) is 61.8 Å². The van der Waals surface area contributed by atoms with Crippen molar-refractivity contribution in [2.45, 2.75) is 39.3 Å². The zero-order valence-corrected chi connectivity index (χ0v) is 16.1. The van der Waals surface area contributed by atoms with Gasteiger partial charge in [-0.3, -0.25) is 9.97 Å². The molecule has 26 heavy (non-hydrogen) atoms. The van der Waals surface area contributed by atoms with Gasteiger partial charge in [0, 0.05) is 25.8 Å². The normalized spacial score (nSPS) is 11.6. The summed E-state index contributed by atoms with van der Waals surface area (Å²) in [7, 11) is -2.86. The summed E-state index contributed by atoms with van der Waals surface area (Å²) in [4.78, 5) is 39.3. The third kappa shape index (κ3) is 4.90. The molecule has 9 heteroatoms. The van der Waals surface area contributed by atoms with Gasteiger partial charge in [0.15, 0.2) is 0 Å². The minimum absolute atomic E-state index is 0.0967. The molecule has 0 saturated carbocycles. The van der Waals surface area contributed by atoms with Gasteiger partial charge in [0.25, 0.3) is 0 Å². The lowest BCUT2D eigenvalue weighted by Crippen LogP contribution is -2.56. The first-order chi connectivity index (χ1) is 12.5. The second-order valence-electron chi connectivity index (χ2n) is 5.91. The van der Waals surface area contributed by atoms with Crippen molar-refractivity contribution in [1.82, 2.24) is 14.5 Å². The van der Waals surface area contributed by atoms with E-state index in [9.17, 15) is 14.4 Å². The average molecular weight is 379 g/mol. The summed E-state index contributed by atoms with van der Waals surface area (Å²) in [6.07, 6.45) is 1.66. The lowest BCUT2D eigenvalue weighted by molar-refractivity contribution is 0.178. The molecule has 2 N–H and O–H groups in total. The number of H-pyrrole nitrogens is 2. The highest BCUT2D eigenvalue weighted by Crippen LogP contribution is 2.16. The van der Waals surface area contributed by atoms with Crippen molar-refractivity contribution in [1.29, 1.82) is 0 Å². The van der Waals surface area contributed by atoms with Crippen LogP contribution in [-0.4, -0.2) is 36.3 Å². The molecule has 0 fully saturated rings. The summed E-state index contributed by atoms with van der Waals surface area (Å²) in [5, 5.41) is 0.954. The molecule has 0 radical (unpaired) electrons. The van der Waals surface area contributed by atoms with Crippen LogP contribution in [0.5, 0.6) is 0 Å². The Labute approximate surface area is 152 Å². The highest BCUT2D eigenvalue weighted by Gasteiger charge is 2.40. The Balaban J connectivity index is 2.38. The van der Waals surface area contributed by atoms with Crippen molar-refractivity contribution in [3.8, 4) is 0 Å². The Hall–Kier alpha value is -2.23. The van der Waals surface area contributed by atoms with Crippen LogP contribution in [0.4, 0.5) is 0 Å². The van der Waals surface area contributed by atoms with Gasteiger partial charge < -0.3 is 8.85 Å². The number of rotatable bonds is 10. The van der Waals surface area contributed by atoms with E-state index in [4.69, 9.17) is 8.85 Å². The van der Waals surface area contributed by atoms with Crippen molar-refractivity contribution >= 4 is 13.7 Å². The predicted octanol–water partition coefficient (Wildman–Crippen LogP) is 0.428. The number of hydrogen-bond acceptors (Lipinski definition) is 5. The standard InChI is InChI=1S/C17H25N3O5Si/c1-3-11-24-26(25-12-4-2,14-8-6-5-7-9-14)13-10-20-16(22)18-15(21)19-17(20)23/h5-9H,3-4,10-13H2,1-2H3,(H2,18,19,21,22,23). The zero-order chi connectivity index (χ0) is 19.0. The van der Waals surface area contributed by atoms with Crippen molar-refractivity contribution in [2.75, 3.05) is 13.2 Å². The highest BCUT2D eigenvalue weighted by atomic mass is 28.4. The molecule has 2 aromatic rings. The van der Waals surface area contributed by atoms with E-state index in [-0.39, 0.29) is 6.54 Å². The molecule has 0 unspecified atom stereocenters. The lowest BCUT2D eigenvalue weighted by atomic mass is 10.4. The van der Waals surface area contributed by atoms with E-state index in [1.165, 1.54) is 0 Å². The quantitative estimate of drug-likeness (QED) is 0.582. The molecular formula is C17H25N3O5Si. The van der Waals surface area contributed by atoms with Gasteiger partial charge >= 0.3 is 25.6 Å². The molecule has 1 aromatic heterocycles. The van der Waals surface area contributed by atoms with E-state index in [2.05, 4.69) is 9.97 Å². The molecule has 0 aliphatic carbocycles. The van der Waals surface area contributed by atoms with Crippen LogP contribution in [0.1, 0.15) is 26.7 Å². The maximum Gasteiger partial charge on any atom is 0.374 e. The fourth-order valence-corrected chi connectivity index (χ4v) is 5.92. The smallest absolute Gasteiger partial charge is 0.374 e. The predicted molar refractivity (Wildman–Crippen MR) is 101 cm³/mol. The Morgan fingerprint density at radius 1 is 0.923 bits per heavy atom. The van der Waals surface area contributed by atoms with E-state index < -0.39 is 25.6 Å². The van der Waals surface area contributed by atoms with Gasteiger partial charge in [-0.1, -0.05) is 44.2 Å². The number of nitrogens with one attached hydrogen (secondary N) is 2. The summed E-state index contributed by atoms with van der Waals surface area (Å²) >= 11 is 0. The molecule has 0 atom stereocenters. The Morgan fingerprint density at radius 3 is 1.96 bits per heavy atom. The Bertz CT molecular complexity index is 817. The molecule has 0 bridgehead atoms. The van der Waals surface area contributed by atoms with Crippen LogP contribution in [0.15, 0.2) is 44.7 Å². The van der Waals surface area contributed by atoms with Gasteiger partial charge in [-0.05, 0) is 18.0 Å². The molecule has 142 valence electrons. The maximum atomic E-state index is 12.0. The molecule has 0 saturated heterocycles. The molecule has 2 rings (SSSR count). The number of nitrogens with zero attached hydrogens (tertiary/aromatic N) is 1. The van der Waals surface area contributed by atoms with E-state index in [0.29, 0.717) is 19.3 Å². The topological polar surface area (TPSA) is 106 Å². The highest BCUT2D eigenvalue weighted by molar-refractivity contribution is 6.81. The SMILES string of the molecule is CCCO[Si](CCn1c(=O)[nH]c(=O)[nH]c1=O)(OCCC)c1ccccc1. The monoisotopic (exact) mass is 379 g/mol. The van der Waals surface area contributed by atoms with Crippen molar-refractivity contribution in [2.24, 2.45) is 0 Å². The fourth-order valence-electron chi connectivity index (χ4n) is 2.64. The van der Waals surface area contributed by atoms with Gasteiger partial charge in [0.2, 0.25) is 0 Å². The van der Waals surface area contributed by atoms with Crippen LogP contribution >= 0.6 is 0 Å². The molecule has 0 amide bonds. The summed E-state index contributed by atoms with van der Waals surface area (Å²) < 4.78 is 13.4. The van der Waals surface area contributed by atoms with E-state index in [1.54, 1.807) is 0 Å². The van der Waals surface area contributed by atoms with Crippen LogP contribution in [0, 0.1) is 0 Å². The fraction of sp³-hybridized carbons (Fsp3) is 0.471. The van der Waals surface area contributed by atoms with Crippen LogP contribution in [0.2, 0.25) is 6.04 Å². The van der Waals surface area contributed by atoms with Gasteiger partial charge in [0.05, 0.1) is 0 Å². The first-order valence-electron chi connectivity index (χ1n) is 8.79. The molecule has 0 aliphatic heterocycles. The van der Waals surface area contributed by atoms with Crippen LogP contribution in [-0.2, 0) is 15.4 Å². The third-order valence-electron chi connectivity index (χ3n) is 3.89. The van der Waals surface area contributed by atoms with Crippen molar-refractivity contribution < 1.29 is 8.85 Å². The third-order valence-corrected chi connectivity index (χ3v) is 7.32. The summed E-state index contributed by atoms with van der Waals surface area (Å²) in [5.74, 6) is 0. The average Bonchev–Trinajstić information content (AvgIpc) is 2.63. The Kier molecular flexibility index (Phi) is 7.31. The summed E-state index contributed by atoms with van der Waals surface area (Å²) in [6.45, 7) is 5.19. The maximum absolute atomic E-state index is 12.0. The largest absolute Gasteiger partial charge is 0.391 e. The van der Waals surface area contributed by atoms with Crippen LogP contribution in [0.3, 0.4) is 0 Å². The molecular weight excluding hydrogens is 354 g/mol. The zero-order valence-electron chi connectivity index (χ0n) is 15.1. The van der Waals surface area contributed by atoms with E-state index in [1.807, 2.05) is 44.2 Å². The number of benzene rings is 1. The molecule has 1 heterocycles. The molecule has 8 nitrogen and oxygen atoms in total. The summed E-state index contributed by atoms with van der Waals surface area (Å²) in [5.41, 5.74) is -2.28. The van der Waals surface area contributed by atoms with Crippen LogP contribution in [0.25, 0.3) is 0 Å². The van der Waals surface area contributed by atoms with E-state index >= 15 is 0 Å². The number of aromatic amines is 2. The Morgan fingerprint density at radius 2 is 1.46 bits per heavy atom. The van der Waals surface area contributed by atoms with Gasteiger partial charge in [-0.2, -0.15) is 0 Å². The number of aromatic nitrogens is 3. The number of hydrogen-bond donors (Lipinski definition) is 2. The first-order valence-corrected chi connectivity index (χ1v) is 10.8. The van der Waals surface area contributed by atoms with Gasteiger partial charge in [-0.25, -0.2) is 19.0 Å². The summed E-state index contributed by atoms with van der Waals surface area (Å²) in [6, 6.07) is 10.0. The van der Waals surface area contributed by atoms with Crippen LogP contribution < -0.4 is 22.3 Å². The van der Waals surface area contributed by atoms with Gasteiger partial charge in [-0.15, -0.1) is 0 Å². The minimum Gasteiger partial charge on any atom is -0.391 e. The first kappa shape index (κ1) is 20.1. The van der Waals surface area contributed by atoms with Gasteiger partial charge in [0.1, 0.15) is 0 Å². The molecule has 0 spiro atoms. The van der Waals surface area contributed by atoms with E-state index in [0.717, 1.165) is 22.6 Å². The lowest BCUT2D eigenvalue weighted by Gasteiger charge is -2.31. The second-order valence-corrected chi connectivity index (χ2v) is 9.07. The minimum atomic E-state index is -2.86. The molecule has 0 aliphatic rings. The van der Waals surface area contributed by atoms with Crippen molar-refractivity contribution in [3.63, 3.8) is 0 Å². The molecule has 1 aromatic carbocycles.